The molecule has 6 nitrogen and oxygen atoms in total. The average Bonchev–Trinajstić information content (AvgIpc) is 2.51. The minimum absolute atomic E-state index is 0.468. The molecule has 0 fully saturated rings. The molecule has 1 unspecified atom stereocenters. The van der Waals surface area contributed by atoms with Crippen LogP contribution in [0.2, 0.25) is 0 Å². The molecule has 1 atom stereocenters. The van der Waals surface area contributed by atoms with Gasteiger partial charge in [-0.15, -0.1) is 5.10 Å². The van der Waals surface area contributed by atoms with Gasteiger partial charge in [0.15, 0.2) is 0 Å². The topological polar surface area (TPSA) is 80.9 Å². The summed E-state index contributed by atoms with van der Waals surface area (Å²) in [5, 5.41) is 19.8. The number of rotatable bonds is 5. The molecular weight excluding hydrogens is 204 g/mol. The van der Waals surface area contributed by atoms with Crippen molar-refractivity contribution in [2.75, 3.05) is 0 Å². The van der Waals surface area contributed by atoms with Crippen LogP contribution in [0.4, 0.5) is 0 Å². The van der Waals surface area contributed by atoms with Crippen LogP contribution < -0.4 is 0 Å². The zero-order valence-electron chi connectivity index (χ0n) is 8.04. The fourth-order valence-electron chi connectivity index (χ4n) is 0.943. The Morgan fingerprint density at radius 3 is 2.86 bits per heavy atom. The Morgan fingerprint density at radius 1 is 1.71 bits per heavy atom. The molecule has 0 saturated carbocycles. The van der Waals surface area contributed by atoms with Crippen LogP contribution in [0, 0.1) is 0 Å². The molecule has 0 aliphatic heterocycles. The van der Waals surface area contributed by atoms with Crippen molar-refractivity contribution in [2.45, 2.75) is 30.2 Å². The molecule has 0 bridgehead atoms. The number of carbonyl (C=O) groups is 1. The summed E-state index contributed by atoms with van der Waals surface area (Å²) in [4.78, 5) is 10.8. The minimum atomic E-state index is -0.820. The standard InChI is InChI=1S/C7H12N4O2S/c1-3-4-5(6(12)13)14-7-8-9-10-11(7)2/h5H,3-4H2,1-2H3,(H,12,13). The highest BCUT2D eigenvalue weighted by atomic mass is 32.2. The summed E-state index contributed by atoms with van der Waals surface area (Å²) < 4.78 is 1.47. The largest absolute Gasteiger partial charge is 0.480 e. The lowest BCUT2D eigenvalue weighted by molar-refractivity contribution is -0.136. The van der Waals surface area contributed by atoms with Crippen LogP contribution in [0.15, 0.2) is 5.16 Å². The average molecular weight is 216 g/mol. The van der Waals surface area contributed by atoms with E-state index in [1.54, 1.807) is 7.05 Å². The van der Waals surface area contributed by atoms with Crippen molar-refractivity contribution >= 4 is 17.7 Å². The Bertz CT molecular complexity index is 314. The molecule has 7 heteroatoms. The molecule has 0 amide bonds. The van der Waals surface area contributed by atoms with Crippen LogP contribution in [-0.2, 0) is 11.8 Å². The highest BCUT2D eigenvalue weighted by molar-refractivity contribution is 8.00. The van der Waals surface area contributed by atoms with Crippen molar-refractivity contribution in [3.05, 3.63) is 0 Å². The first-order valence-electron chi connectivity index (χ1n) is 4.27. The Morgan fingerprint density at radius 2 is 2.43 bits per heavy atom. The van der Waals surface area contributed by atoms with Crippen LogP contribution >= 0.6 is 11.8 Å². The number of hydrogen-bond donors (Lipinski definition) is 1. The first-order valence-corrected chi connectivity index (χ1v) is 5.15. The van der Waals surface area contributed by atoms with Crippen LogP contribution in [0.25, 0.3) is 0 Å². The zero-order valence-corrected chi connectivity index (χ0v) is 8.86. The van der Waals surface area contributed by atoms with E-state index in [-0.39, 0.29) is 0 Å². The van der Waals surface area contributed by atoms with Crippen molar-refractivity contribution in [3.63, 3.8) is 0 Å². The molecule has 0 aliphatic carbocycles. The van der Waals surface area contributed by atoms with E-state index in [9.17, 15) is 4.79 Å². The highest BCUT2D eigenvalue weighted by Crippen LogP contribution is 2.23. The molecule has 0 spiro atoms. The summed E-state index contributed by atoms with van der Waals surface area (Å²) in [6.45, 7) is 1.95. The summed E-state index contributed by atoms with van der Waals surface area (Å²) in [6, 6.07) is 0. The minimum Gasteiger partial charge on any atom is -0.480 e. The van der Waals surface area contributed by atoms with Crippen LogP contribution in [0.5, 0.6) is 0 Å². The fourth-order valence-corrected chi connectivity index (χ4v) is 1.92. The molecule has 0 radical (unpaired) electrons. The third kappa shape index (κ3) is 2.69. The van der Waals surface area contributed by atoms with Gasteiger partial charge in [-0.1, -0.05) is 25.1 Å². The van der Waals surface area contributed by atoms with Gasteiger partial charge in [0.25, 0.3) is 0 Å². The van der Waals surface area contributed by atoms with Gasteiger partial charge in [0.05, 0.1) is 0 Å². The smallest absolute Gasteiger partial charge is 0.317 e. The first kappa shape index (κ1) is 11.0. The number of carboxylic acid groups (broad SMARTS) is 1. The molecule has 1 N–H and O–H groups in total. The molecule has 78 valence electrons. The highest BCUT2D eigenvalue weighted by Gasteiger charge is 2.20. The van der Waals surface area contributed by atoms with E-state index in [4.69, 9.17) is 5.11 Å². The van der Waals surface area contributed by atoms with E-state index >= 15 is 0 Å². The SMILES string of the molecule is CCCC(Sc1nnnn1C)C(=O)O. The van der Waals surface area contributed by atoms with E-state index in [1.165, 1.54) is 16.4 Å². The van der Waals surface area contributed by atoms with Gasteiger partial charge in [-0.2, -0.15) is 0 Å². The Hall–Kier alpha value is -1.11. The van der Waals surface area contributed by atoms with Crippen molar-refractivity contribution in [2.24, 2.45) is 7.05 Å². The maximum absolute atomic E-state index is 10.8. The number of hydrogen-bond acceptors (Lipinski definition) is 5. The monoisotopic (exact) mass is 216 g/mol. The summed E-state index contributed by atoms with van der Waals surface area (Å²) in [5.41, 5.74) is 0. The van der Waals surface area contributed by atoms with Gasteiger partial charge >= 0.3 is 5.97 Å². The maximum Gasteiger partial charge on any atom is 0.317 e. The quantitative estimate of drug-likeness (QED) is 0.724. The fraction of sp³-hybridized carbons (Fsp3) is 0.714. The number of carboxylic acids is 1. The maximum atomic E-state index is 10.8. The zero-order chi connectivity index (χ0) is 10.6. The van der Waals surface area contributed by atoms with Gasteiger partial charge in [-0.3, -0.25) is 4.79 Å². The van der Waals surface area contributed by atoms with Crippen LogP contribution in [-0.4, -0.2) is 36.5 Å². The van der Waals surface area contributed by atoms with Crippen LogP contribution in [0.1, 0.15) is 19.8 Å². The van der Waals surface area contributed by atoms with Gasteiger partial charge < -0.3 is 5.11 Å². The number of aromatic nitrogens is 4. The van der Waals surface area contributed by atoms with E-state index in [1.807, 2.05) is 6.92 Å². The molecule has 0 aromatic carbocycles. The van der Waals surface area contributed by atoms with E-state index < -0.39 is 11.2 Å². The van der Waals surface area contributed by atoms with Crippen molar-refractivity contribution < 1.29 is 9.90 Å². The Kier molecular flexibility index (Phi) is 3.87. The molecule has 0 aliphatic rings. The lowest BCUT2D eigenvalue weighted by Gasteiger charge is -2.08. The summed E-state index contributed by atoms with van der Waals surface area (Å²) in [7, 11) is 1.69. The molecule has 1 aromatic heterocycles. The Labute approximate surface area is 85.7 Å². The normalized spacial score (nSPS) is 12.7. The van der Waals surface area contributed by atoms with Crippen molar-refractivity contribution in [1.29, 1.82) is 0 Å². The van der Waals surface area contributed by atoms with Gasteiger partial charge in [0, 0.05) is 7.05 Å². The molecule has 1 rings (SSSR count). The molecule has 1 aromatic rings. The summed E-state index contributed by atoms with van der Waals surface area (Å²) in [5.74, 6) is -0.820. The molecule has 0 saturated heterocycles. The van der Waals surface area contributed by atoms with E-state index in [0.29, 0.717) is 11.6 Å². The predicted octanol–water partition coefficient (Wildman–Crippen LogP) is 0.555. The van der Waals surface area contributed by atoms with Gasteiger partial charge in [-0.25, -0.2) is 4.68 Å². The van der Waals surface area contributed by atoms with Gasteiger partial charge in [-0.05, 0) is 16.8 Å². The number of tetrazole rings is 1. The third-order valence-electron chi connectivity index (χ3n) is 1.66. The number of nitrogens with zero attached hydrogens (tertiary/aromatic N) is 4. The number of thioether (sulfide) groups is 1. The third-order valence-corrected chi connectivity index (χ3v) is 2.93. The number of aryl methyl sites for hydroxylation is 1. The lowest BCUT2D eigenvalue weighted by Crippen LogP contribution is -2.16. The van der Waals surface area contributed by atoms with E-state index in [0.717, 1.165) is 6.42 Å². The molecular formula is C7H12N4O2S. The summed E-state index contributed by atoms with van der Waals surface area (Å²) >= 11 is 1.18. The summed E-state index contributed by atoms with van der Waals surface area (Å²) in [6.07, 6.45) is 1.45. The predicted molar refractivity (Wildman–Crippen MR) is 51.0 cm³/mol. The van der Waals surface area contributed by atoms with Crippen molar-refractivity contribution in [1.82, 2.24) is 20.2 Å². The number of aliphatic carboxylic acids is 1. The second-order valence-corrected chi connectivity index (χ2v) is 3.99. The van der Waals surface area contributed by atoms with Gasteiger partial charge in [0.1, 0.15) is 5.25 Å². The van der Waals surface area contributed by atoms with E-state index in [2.05, 4.69) is 15.5 Å². The second kappa shape index (κ2) is 4.94. The van der Waals surface area contributed by atoms with Crippen molar-refractivity contribution in [3.8, 4) is 0 Å². The van der Waals surface area contributed by atoms with Gasteiger partial charge in [0.2, 0.25) is 5.16 Å². The molecule has 14 heavy (non-hydrogen) atoms. The Balaban J connectivity index is 2.64. The van der Waals surface area contributed by atoms with Crippen LogP contribution in [0.3, 0.4) is 0 Å². The molecule has 1 heterocycles. The second-order valence-electron chi connectivity index (χ2n) is 2.82. The first-order chi connectivity index (χ1) is 6.65. The lowest BCUT2D eigenvalue weighted by atomic mass is 10.2.